The van der Waals surface area contributed by atoms with Gasteiger partial charge in [-0.05, 0) is 18.6 Å². The number of aliphatic hydroxyl groups is 1. The number of carbonyl (C=O) groups excluding carboxylic acids is 2. The Morgan fingerprint density at radius 2 is 1.96 bits per heavy atom. The molecular formula is C14H16N2O7S. The van der Waals surface area contributed by atoms with E-state index >= 15 is 0 Å². The molecule has 2 rings (SSSR count). The quantitative estimate of drug-likeness (QED) is 0.476. The van der Waals surface area contributed by atoms with Crippen LogP contribution in [0.3, 0.4) is 0 Å². The SMILES string of the molecule is COc1cc(S(=O)(=O)O)c(C)cc1NC1=CC(=O)N(CCO)C1=O. The third-order valence-corrected chi connectivity index (χ3v) is 4.37. The Morgan fingerprint density at radius 1 is 1.29 bits per heavy atom. The summed E-state index contributed by atoms with van der Waals surface area (Å²) in [6.07, 6.45) is 1.07. The minimum atomic E-state index is -4.43. The minimum Gasteiger partial charge on any atom is -0.495 e. The molecule has 1 aromatic carbocycles. The molecule has 0 aromatic heterocycles. The van der Waals surface area contributed by atoms with E-state index in [4.69, 9.17) is 9.84 Å². The highest BCUT2D eigenvalue weighted by molar-refractivity contribution is 7.85. The van der Waals surface area contributed by atoms with Crippen LogP contribution in [0.4, 0.5) is 5.69 Å². The fourth-order valence-electron chi connectivity index (χ4n) is 2.27. The smallest absolute Gasteiger partial charge is 0.294 e. The van der Waals surface area contributed by atoms with Crippen LogP contribution in [0.1, 0.15) is 5.56 Å². The monoisotopic (exact) mass is 356 g/mol. The molecule has 0 spiro atoms. The fourth-order valence-corrected chi connectivity index (χ4v) is 2.99. The van der Waals surface area contributed by atoms with Crippen LogP contribution in [0.25, 0.3) is 0 Å². The average Bonchev–Trinajstić information content (AvgIpc) is 2.74. The number of ether oxygens (including phenoxy) is 1. The molecule has 24 heavy (non-hydrogen) atoms. The molecule has 0 aliphatic carbocycles. The molecule has 1 aliphatic rings. The van der Waals surface area contributed by atoms with Crippen LogP contribution < -0.4 is 10.1 Å². The fraction of sp³-hybridized carbons (Fsp3) is 0.286. The molecule has 1 aliphatic heterocycles. The number of aryl methyl sites for hydroxylation is 1. The van der Waals surface area contributed by atoms with Crippen LogP contribution in [0.2, 0.25) is 0 Å². The average molecular weight is 356 g/mol. The minimum absolute atomic E-state index is 0.0363. The van der Waals surface area contributed by atoms with Crippen LogP contribution in [0.15, 0.2) is 28.8 Å². The molecule has 0 unspecified atom stereocenters. The predicted octanol–water partition coefficient (Wildman–Crippen LogP) is -0.0928. The largest absolute Gasteiger partial charge is 0.495 e. The molecule has 1 heterocycles. The van der Waals surface area contributed by atoms with Gasteiger partial charge in [0.05, 0.1) is 25.9 Å². The number of rotatable bonds is 6. The lowest BCUT2D eigenvalue weighted by Gasteiger charge is -2.16. The molecule has 130 valence electrons. The Balaban J connectivity index is 2.38. The van der Waals surface area contributed by atoms with Crippen LogP contribution in [-0.4, -0.2) is 55.1 Å². The number of nitrogens with one attached hydrogen (secondary N) is 1. The van der Waals surface area contributed by atoms with Gasteiger partial charge in [-0.3, -0.25) is 19.0 Å². The van der Waals surface area contributed by atoms with Gasteiger partial charge in [0.2, 0.25) is 0 Å². The first-order chi connectivity index (χ1) is 11.2. The van der Waals surface area contributed by atoms with E-state index in [1.807, 2.05) is 0 Å². The van der Waals surface area contributed by atoms with E-state index in [0.29, 0.717) is 0 Å². The molecule has 0 fully saturated rings. The molecule has 0 bridgehead atoms. The number of imide groups is 1. The Labute approximate surface area is 138 Å². The summed E-state index contributed by atoms with van der Waals surface area (Å²) in [5, 5.41) is 11.6. The second-order valence-corrected chi connectivity index (χ2v) is 6.38. The summed E-state index contributed by atoms with van der Waals surface area (Å²) in [6.45, 7) is 0.975. The first-order valence-electron chi connectivity index (χ1n) is 6.80. The van der Waals surface area contributed by atoms with Crippen molar-refractivity contribution in [2.75, 3.05) is 25.6 Å². The number of carbonyl (C=O) groups is 2. The van der Waals surface area contributed by atoms with Crippen molar-refractivity contribution >= 4 is 27.6 Å². The summed E-state index contributed by atoms with van der Waals surface area (Å²) in [6, 6.07) is 2.48. The zero-order chi connectivity index (χ0) is 18.1. The number of methoxy groups -OCH3 is 1. The lowest BCUT2D eigenvalue weighted by atomic mass is 10.2. The second-order valence-electron chi connectivity index (χ2n) is 4.99. The molecule has 2 amide bonds. The maximum atomic E-state index is 12.1. The van der Waals surface area contributed by atoms with Crippen LogP contribution >= 0.6 is 0 Å². The van der Waals surface area contributed by atoms with Gasteiger partial charge in [-0.1, -0.05) is 0 Å². The molecular weight excluding hydrogens is 340 g/mol. The van der Waals surface area contributed by atoms with Gasteiger partial charge in [0.1, 0.15) is 16.3 Å². The van der Waals surface area contributed by atoms with Crippen molar-refractivity contribution in [1.29, 1.82) is 0 Å². The molecule has 9 nitrogen and oxygen atoms in total. The van der Waals surface area contributed by atoms with E-state index in [9.17, 15) is 22.6 Å². The van der Waals surface area contributed by atoms with E-state index in [1.54, 1.807) is 0 Å². The number of nitrogens with zero attached hydrogens (tertiary/aromatic N) is 1. The Morgan fingerprint density at radius 3 is 2.50 bits per heavy atom. The lowest BCUT2D eigenvalue weighted by molar-refractivity contribution is -0.137. The highest BCUT2D eigenvalue weighted by atomic mass is 32.2. The molecule has 0 saturated carbocycles. The molecule has 3 N–H and O–H groups in total. The maximum Gasteiger partial charge on any atom is 0.294 e. The maximum absolute atomic E-state index is 12.1. The zero-order valence-electron chi connectivity index (χ0n) is 12.9. The third kappa shape index (κ3) is 3.40. The van der Waals surface area contributed by atoms with E-state index in [-0.39, 0.29) is 40.7 Å². The molecule has 0 atom stereocenters. The van der Waals surface area contributed by atoms with Crippen molar-refractivity contribution in [2.45, 2.75) is 11.8 Å². The van der Waals surface area contributed by atoms with Gasteiger partial charge >= 0.3 is 0 Å². The van der Waals surface area contributed by atoms with Crippen molar-refractivity contribution in [1.82, 2.24) is 4.90 Å². The highest BCUT2D eigenvalue weighted by Gasteiger charge is 2.31. The second kappa shape index (κ2) is 6.59. The number of β-amino-alcohol motifs (C(OH)–C–C–N with tert-alkyl or cyclic N) is 1. The lowest BCUT2D eigenvalue weighted by Crippen LogP contribution is -2.34. The van der Waals surface area contributed by atoms with Gasteiger partial charge in [-0.15, -0.1) is 0 Å². The van der Waals surface area contributed by atoms with Crippen LogP contribution in [-0.2, 0) is 19.7 Å². The molecule has 0 saturated heterocycles. The Bertz CT molecular complexity index is 830. The van der Waals surface area contributed by atoms with Gasteiger partial charge in [0.15, 0.2) is 0 Å². The van der Waals surface area contributed by atoms with Gasteiger partial charge in [-0.25, -0.2) is 0 Å². The van der Waals surface area contributed by atoms with E-state index in [0.717, 1.165) is 17.0 Å². The molecule has 0 radical (unpaired) electrons. The Hall–Kier alpha value is -2.43. The molecule has 1 aromatic rings. The van der Waals surface area contributed by atoms with Gasteiger partial charge in [0.25, 0.3) is 21.9 Å². The van der Waals surface area contributed by atoms with Gasteiger partial charge < -0.3 is 15.2 Å². The summed E-state index contributed by atoms with van der Waals surface area (Å²) in [7, 11) is -3.14. The van der Waals surface area contributed by atoms with E-state index < -0.39 is 21.9 Å². The van der Waals surface area contributed by atoms with Gasteiger partial charge in [-0.2, -0.15) is 8.42 Å². The van der Waals surface area contributed by atoms with Crippen molar-refractivity contribution < 1.29 is 32.4 Å². The summed E-state index contributed by atoms with van der Waals surface area (Å²) in [5.41, 5.74) is 0.441. The normalized spacial score (nSPS) is 14.8. The van der Waals surface area contributed by atoms with Crippen LogP contribution in [0.5, 0.6) is 5.75 Å². The number of hydrogen-bond acceptors (Lipinski definition) is 7. The zero-order valence-corrected chi connectivity index (χ0v) is 13.8. The van der Waals surface area contributed by atoms with Crippen molar-refractivity contribution in [2.24, 2.45) is 0 Å². The number of hydrogen-bond donors (Lipinski definition) is 3. The number of benzene rings is 1. The summed E-state index contributed by atoms with van der Waals surface area (Å²) < 4.78 is 36.9. The van der Waals surface area contributed by atoms with Crippen molar-refractivity contribution in [3.05, 3.63) is 29.5 Å². The van der Waals surface area contributed by atoms with E-state index in [2.05, 4.69) is 5.32 Å². The first-order valence-corrected chi connectivity index (χ1v) is 8.24. The summed E-state index contributed by atoms with van der Waals surface area (Å²) in [5.74, 6) is -1.12. The summed E-state index contributed by atoms with van der Waals surface area (Å²) >= 11 is 0. The first kappa shape index (κ1) is 17.9. The number of amides is 2. The number of aliphatic hydroxyl groups excluding tert-OH is 1. The predicted molar refractivity (Wildman–Crippen MR) is 83.1 cm³/mol. The van der Waals surface area contributed by atoms with E-state index in [1.165, 1.54) is 20.1 Å². The van der Waals surface area contributed by atoms with Gasteiger partial charge in [0, 0.05) is 12.1 Å². The third-order valence-electron chi connectivity index (χ3n) is 3.38. The number of anilines is 1. The van der Waals surface area contributed by atoms with Crippen LogP contribution in [0, 0.1) is 6.92 Å². The molecule has 10 heteroatoms. The van der Waals surface area contributed by atoms with Crippen molar-refractivity contribution in [3.63, 3.8) is 0 Å². The summed E-state index contributed by atoms with van der Waals surface area (Å²) in [4.78, 5) is 24.4. The highest BCUT2D eigenvalue weighted by Crippen LogP contribution is 2.32. The standard InChI is InChI=1S/C14H16N2O7S/c1-8-5-9(11(23-2)7-12(8)24(20,21)22)15-10-6-13(18)16(3-4-17)14(10)19/h5-7,15,17H,3-4H2,1-2H3,(H,20,21,22). The Kier molecular flexibility index (Phi) is 4.92. The topological polar surface area (TPSA) is 133 Å². The van der Waals surface area contributed by atoms with Crippen molar-refractivity contribution in [3.8, 4) is 5.75 Å².